The van der Waals surface area contributed by atoms with Crippen LogP contribution in [-0.4, -0.2) is 76.8 Å². The van der Waals surface area contributed by atoms with Crippen molar-refractivity contribution in [3.63, 3.8) is 0 Å². The first-order valence-electron chi connectivity index (χ1n) is 13.1. The number of hydrogen-bond acceptors (Lipinski definition) is 7. The highest BCUT2D eigenvalue weighted by Gasteiger charge is 2.37. The number of halogens is 1. The zero-order chi connectivity index (χ0) is 27.9. The van der Waals surface area contributed by atoms with Gasteiger partial charge < -0.3 is 25.8 Å². The maximum atomic E-state index is 13.4. The predicted molar refractivity (Wildman–Crippen MR) is 155 cm³/mol. The van der Waals surface area contributed by atoms with Gasteiger partial charge in [0.2, 0.25) is 11.8 Å². The minimum absolute atomic E-state index is 0.000885. The van der Waals surface area contributed by atoms with Crippen LogP contribution in [0, 0.1) is 11.8 Å². The monoisotopic (exact) mass is 571 g/mol. The summed E-state index contributed by atoms with van der Waals surface area (Å²) in [5, 5.41) is 9.45. The van der Waals surface area contributed by atoms with Crippen LogP contribution >= 0.6 is 23.8 Å². The minimum atomic E-state index is -0.500. The molecule has 39 heavy (non-hydrogen) atoms. The number of pyridine rings is 2. The minimum Gasteiger partial charge on any atom is -0.371 e. The van der Waals surface area contributed by atoms with Crippen molar-refractivity contribution in [2.24, 2.45) is 11.8 Å². The molecule has 2 aliphatic rings. The Hall–Kier alpha value is -3.31. The summed E-state index contributed by atoms with van der Waals surface area (Å²) >= 11 is 11.2. The number of nitrogens with zero attached hydrogens (tertiary/aromatic N) is 4. The molecule has 0 bridgehead atoms. The zero-order valence-electron chi connectivity index (χ0n) is 22.1. The van der Waals surface area contributed by atoms with Crippen LogP contribution in [0.3, 0.4) is 0 Å². The van der Waals surface area contributed by atoms with E-state index in [9.17, 15) is 14.4 Å². The number of piperidine rings is 1. The maximum absolute atomic E-state index is 13.4. The molecule has 10 nitrogen and oxygen atoms in total. The van der Waals surface area contributed by atoms with E-state index in [1.807, 2.05) is 12.1 Å². The molecule has 0 spiro atoms. The zero-order valence-corrected chi connectivity index (χ0v) is 23.7. The van der Waals surface area contributed by atoms with E-state index in [4.69, 9.17) is 23.8 Å². The first-order valence-corrected chi connectivity index (χ1v) is 13.9. The van der Waals surface area contributed by atoms with Gasteiger partial charge >= 0.3 is 0 Å². The van der Waals surface area contributed by atoms with Crippen LogP contribution < -0.4 is 20.9 Å². The Kier molecular flexibility index (Phi) is 9.68. The van der Waals surface area contributed by atoms with Gasteiger partial charge in [0.05, 0.1) is 5.02 Å². The Morgan fingerprint density at radius 2 is 1.69 bits per heavy atom. The fourth-order valence-electron chi connectivity index (χ4n) is 5.20. The van der Waals surface area contributed by atoms with Crippen molar-refractivity contribution in [2.75, 3.05) is 37.4 Å². The molecule has 1 saturated carbocycles. The molecule has 2 fully saturated rings. The topological polar surface area (TPSA) is 120 Å². The van der Waals surface area contributed by atoms with Gasteiger partial charge in [0.1, 0.15) is 5.82 Å². The standard InChI is InChI=1S/C27H34ClN7O3S/c1-34(2)27(38)18-3-5-21(32-26(39)25(37)33-23-6-4-19(28)16-30-23)22(15-18)31-24(36)17-9-13-35(14-10-17)20-7-11-29-12-8-20/h4,6-8,11-12,16-18,21-22H,3,5,9-10,13-15H2,1-2H3,(H,31,36)(H,32,39)(H,30,33,37). The third-order valence-corrected chi connectivity index (χ3v) is 7.88. The second-order valence-electron chi connectivity index (χ2n) is 10.2. The van der Waals surface area contributed by atoms with Gasteiger partial charge in [-0.2, -0.15) is 0 Å². The summed E-state index contributed by atoms with van der Waals surface area (Å²) in [5.41, 5.74) is 1.10. The lowest BCUT2D eigenvalue weighted by atomic mass is 9.81. The highest BCUT2D eigenvalue weighted by atomic mass is 35.5. The second kappa shape index (κ2) is 13.2. The van der Waals surface area contributed by atoms with E-state index in [0.29, 0.717) is 30.1 Å². The SMILES string of the molecule is CN(C)C(=O)C1CCC(NC(=S)C(=O)Nc2ccc(Cl)cn2)C(NC(=O)C2CCN(c3ccncc3)CC2)C1. The van der Waals surface area contributed by atoms with Crippen LogP contribution in [0.15, 0.2) is 42.9 Å². The van der Waals surface area contributed by atoms with Crippen molar-refractivity contribution in [2.45, 2.75) is 44.2 Å². The molecule has 1 aliphatic heterocycles. The van der Waals surface area contributed by atoms with E-state index in [1.165, 1.54) is 6.20 Å². The molecule has 2 aromatic heterocycles. The highest BCUT2D eigenvalue weighted by Crippen LogP contribution is 2.28. The van der Waals surface area contributed by atoms with Crippen molar-refractivity contribution >= 4 is 58.0 Å². The van der Waals surface area contributed by atoms with E-state index in [2.05, 4.69) is 30.8 Å². The molecule has 1 aliphatic carbocycles. The number of aromatic nitrogens is 2. The third kappa shape index (κ3) is 7.63. The van der Waals surface area contributed by atoms with Crippen molar-refractivity contribution in [3.8, 4) is 0 Å². The van der Waals surface area contributed by atoms with Crippen molar-refractivity contribution in [1.82, 2.24) is 25.5 Å². The molecule has 3 unspecified atom stereocenters. The number of amides is 3. The Morgan fingerprint density at radius 3 is 2.33 bits per heavy atom. The first kappa shape index (κ1) is 28.7. The fraction of sp³-hybridized carbons (Fsp3) is 0.481. The summed E-state index contributed by atoms with van der Waals surface area (Å²) in [6.45, 7) is 1.55. The van der Waals surface area contributed by atoms with Crippen LogP contribution in [0.25, 0.3) is 0 Å². The number of thiocarbonyl (C=S) groups is 1. The van der Waals surface area contributed by atoms with E-state index >= 15 is 0 Å². The second-order valence-corrected chi connectivity index (χ2v) is 11.1. The Morgan fingerprint density at radius 1 is 0.974 bits per heavy atom. The lowest BCUT2D eigenvalue weighted by Crippen LogP contribution is -2.58. The number of anilines is 2. The molecular formula is C27H34ClN7O3S. The van der Waals surface area contributed by atoms with Gasteiger partial charge in [0.15, 0.2) is 4.99 Å². The average Bonchev–Trinajstić information content (AvgIpc) is 2.95. The molecule has 2 aromatic rings. The lowest BCUT2D eigenvalue weighted by molar-refractivity contribution is -0.135. The van der Waals surface area contributed by atoms with Gasteiger partial charge in [-0.25, -0.2) is 4.98 Å². The number of carbonyl (C=O) groups excluding carboxylic acids is 3. The van der Waals surface area contributed by atoms with Gasteiger partial charge in [-0.3, -0.25) is 19.4 Å². The van der Waals surface area contributed by atoms with E-state index in [-0.39, 0.29) is 40.7 Å². The summed E-state index contributed by atoms with van der Waals surface area (Å²) in [6.07, 6.45) is 8.13. The van der Waals surface area contributed by atoms with Crippen LogP contribution in [-0.2, 0) is 14.4 Å². The molecular weight excluding hydrogens is 538 g/mol. The van der Waals surface area contributed by atoms with Crippen molar-refractivity contribution in [1.29, 1.82) is 0 Å². The van der Waals surface area contributed by atoms with Gasteiger partial charge in [-0.15, -0.1) is 0 Å². The van der Waals surface area contributed by atoms with Crippen LogP contribution in [0.4, 0.5) is 11.5 Å². The number of nitrogens with one attached hydrogen (secondary N) is 3. The van der Waals surface area contributed by atoms with Gasteiger partial charge in [0, 0.05) is 75.4 Å². The van der Waals surface area contributed by atoms with E-state index < -0.39 is 5.91 Å². The average molecular weight is 572 g/mol. The first-order chi connectivity index (χ1) is 18.7. The smallest absolute Gasteiger partial charge is 0.284 e. The maximum Gasteiger partial charge on any atom is 0.284 e. The van der Waals surface area contributed by atoms with Crippen LogP contribution in [0.5, 0.6) is 0 Å². The van der Waals surface area contributed by atoms with Crippen LogP contribution in [0.2, 0.25) is 5.02 Å². The summed E-state index contributed by atoms with van der Waals surface area (Å²) in [4.78, 5) is 50.8. The quantitative estimate of drug-likeness (QED) is 0.453. The summed E-state index contributed by atoms with van der Waals surface area (Å²) < 4.78 is 0. The van der Waals surface area contributed by atoms with E-state index in [1.54, 1.807) is 43.5 Å². The van der Waals surface area contributed by atoms with Gasteiger partial charge in [-0.1, -0.05) is 23.8 Å². The Bertz CT molecular complexity index is 1170. The van der Waals surface area contributed by atoms with Crippen molar-refractivity contribution < 1.29 is 14.4 Å². The number of carbonyl (C=O) groups is 3. The normalized spacial score (nSPS) is 21.5. The predicted octanol–water partition coefficient (Wildman–Crippen LogP) is 2.64. The number of rotatable bonds is 6. The molecule has 0 radical (unpaired) electrons. The molecule has 3 heterocycles. The molecule has 3 atom stereocenters. The molecule has 0 aromatic carbocycles. The Balaban J connectivity index is 1.38. The fourth-order valence-corrected chi connectivity index (χ4v) is 5.52. The molecule has 1 saturated heterocycles. The summed E-state index contributed by atoms with van der Waals surface area (Å²) in [5.74, 6) is -0.499. The molecule has 3 amide bonds. The molecule has 12 heteroatoms. The lowest BCUT2D eigenvalue weighted by Gasteiger charge is -2.39. The Labute approximate surface area is 238 Å². The third-order valence-electron chi connectivity index (χ3n) is 7.35. The highest BCUT2D eigenvalue weighted by molar-refractivity contribution is 7.82. The largest absolute Gasteiger partial charge is 0.371 e. The van der Waals surface area contributed by atoms with Crippen LogP contribution in [0.1, 0.15) is 32.1 Å². The molecule has 208 valence electrons. The summed E-state index contributed by atoms with van der Waals surface area (Å²) in [6, 6.07) is 6.53. The molecule has 4 rings (SSSR count). The van der Waals surface area contributed by atoms with Gasteiger partial charge in [-0.05, 0) is 56.4 Å². The van der Waals surface area contributed by atoms with Gasteiger partial charge in [0.25, 0.3) is 5.91 Å². The summed E-state index contributed by atoms with van der Waals surface area (Å²) in [7, 11) is 3.47. The van der Waals surface area contributed by atoms with Crippen molar-refractivity contribution in [3.05, 3.63) is 47.9 Å². The molecule has 3 N–H and O–H groups in total. The number of hydrogen-bond donors (Lipinski definition) is 3. The van der Waals surface area contributed by atoms with E-state index in [0.717, 1.165) is 31.6 Å².